The summed E-state index contributed by atoms with van der Waals surface area (Å²) in [4.78, 5) is 27.3. The molecule has 0 bridgehead atoms. The van der Waals surface area contributed by atoms with Crippen LogP contribution in [-0.4, -0.2) is 74.9 Å². The van der Waals surface area contributed by atoms with Crippen LogP contribution in [0.1, 0.15) is 56.9 Å². The molecule has 202 valence electrons. The van der Waals surface area contributed by atoms with Gasteiger partial charge in [0.05, 0.1) is 6.54 Å². The van der Waals surface area contributed by atoms with Crippen LogP contribution < -0.4 is 16.0 Å². The number of methoxy groups -OCH3 is 1. The summed E-state index contributed by atoms with van der Waals surface area (Å²) in [5, 5.41) is 21.7. The van der Waals surface area contributed by atoms with Gasteiger partial charge in [-0.1, -0.05) is 55.8 Å². The number of nitrogens with one attached hydrogen (secondary N) is 3. The highest BCUT2D eigenvalue weighted by Gasteiger charge is 2.42. The molecule has 36 heavy (non-hydrogen) atoms. The lowest BCUT2D eigenvalue weighted by Gasteiger charge is -2.43. The summed E-state index contributed by atoms with van der Waals surface area (Å²) in [6.45, 7) is 1.69. The van der Waals surface area contributed by atoms with Crippen LogP contribution in [0.15, 0.2) is 24.3 Å². The van der Waals surface area contributed by atoms with E-state index in [1.54, 1.807) is 18.2 Å². The van der Waals surface area contributed by atoms with E-state index in [9.17, 15) is 14.7 Å². The van der Waals surface area contributed by atoms with E-state index in [-0.39, 0.29) is 37.0 Å². The third-order valence-electron chi connectivity index (χ3n) is 7.66. The summed E-state index contributed by atoms with van der Waals surface area (Å²) in [6, 6.07) is 7.08. The summed E-state index contributed by atoms with van der Waals surface area (Å²) in [5.41, 5.74) is -0.745. The SMILES string of the molecule is CNC[C@H](CC1CCCCC1)NC(=O)N1CCC[C@@H]([C@](O)(CNC(=O)COC)c2cccc(Cl)c2)C1. The van der Waals surface area contributed by atoms with Crippen LogP contribution >= 0.6 is 11.6 Å². The maximum atomic E-state index is 13.3. The van der Waals surface area contributed by atoms with E-state index < -0.39 is 5.60 Å². The number of rotatable bonds is 11. The molecule has 4 N–H and O–H groups in total. The fourth-order valence-corrected chi connectivity index (χ4v) is 5.93. The van der Waals surface area contributed by atoms with Crippen LogP contribution in [0.3, 0.4) is 0 Å². The number of nitrogens with zero attached hydrogens (tertiary/aromatic N) is 1. The second-order valence-corrected chi connectivity index (χ2v) is 10.8. The second-order valence-electron chi connectivity index (χ2n) is 10.4. The number of amides is 3. The predicted octanol–water partition coefficient (Wildman–Crippen LogP) is 3.27. The largest absolute Gasteiger partial charge is 0.383 e. The van der Waals surface area contributed by atoms with Gasteiger partial charge in [0.1, 0.15) is 12.2 Å². The van der Waals surface area contributed by atoms with Gasteiger partial charge in [-0.15, -0.1) is 0 Å². The zero-order chi connectivity index (χ0) is 26.0. The van der Waals surface area contributed by atoms with Crippen LogP contribution in [0.4, 0.5) is 4.79 Å². The molecule has 1 saturated carbocycles. The first kappa shape index (κ1) is 28.7. The molecule has 3 rings (SSSR count). The smallest absolute Gasteiger partial charge is 0.317 e. The predicted molar refractivity (Wildman–Crippen MR) is 142 cm³/mol. The van der Waals surface area contributed by atoms with Crippen molar-refractivity contribution in [3.63, 3.8) is 0 Å². The van der Waals surface area contributed by atoms with Crippen molar-refractivity contribution in [1.29, 1.82) is 0 Å². The number of ether oxygens (including phenoxy) is 1. The quantitative estimate of drug-likeness (QED) is 0.357. The first-order valence-electron chi connectivity index (χ1n) is 13.3. The second kappa shape index (κ2) is 14.2. The van der Waals surface area contributed by atoms with Crippen molar-refractivity contribution in [3.8, 4) is 0 Å². The molecule has 0 unspecified atom stereocenters. The number of carbonyl (C=O) groups is 2. The molecule has 2 fully saturated rings. The topological polar surface area (TPSA) is 103 Å². The van der Waals surface area contributed by atoms with Crippen molar-refractivity contribution < 1.29 is 19.4 Å². The molecule has 3 amide bonds. The minimum Gasteiger partial charge on any atom is -0.383 e. The number of carbonyl (C=O) groups excluding carboxylic acids is 2. The van der Waals surface area contributed by atoms with Crippen LogP contribution in [0.5, 0.6) is 0 Å². The molecule has 0 radical (unpaired) electrons. The Hall–Kier alpha value is -1.87. The van der Waals surface area contributed by atoms with Gasteiger partial charge in [0.2, 0.25) is 5.91 Å². The lowest BCUT2D eigenvalue weighted by Crippen LogP contribution is -2.56. The number of benzene rings is 1. The lowest BCUT2D eigenvalue weighted by atomic mass is 9.76. The molecule has 1 aliphatic carbocycles. The van der Waals surface area contributed by atoms with Gasteiger partial charge in [0, 0.05) is 43.7 Å². The van der Waals surface area contributed by atoms with E-state index in [1.165, 1.54) is 39.2 Å². The number of hydrogen-bond donors (Lipinski definition) is 4. The molecule has 1 aliphatic heterocycles. The maximum absolute atomic E-state index is 13.3. The fraction of sp³-hybridized carbons (Fsp3) is 0.704. The molecule has 1 saturated heterocycles. The van der Waals surface area contributed by atoms with Crippen molar-refractivity contribution >= 4 is 23.5 Å². The average molecular weight is 523 g/mol. The number of piperidine rings is 1. The number of halogens is 1. The molecule has 1 aromatic carbocycles. The average Bonchev–Trinajstić information content (AvgIpc) is 2.88. The number of hydrogen-bond acceptors (Lipinski definition) is 5. The van der Waals surface area contributed by atoms with Gasteiger partial charge in [0.25, 0.3) is 0 Å². The Morgan fingerprint density at radius 2 is 2.00 bits per heavy atom. The van der Waals surface area contributed by atoms with E-state index in [0.717, 1.165) is 25.8 Å². The molecule has 2 aliphatic rings. The standard InChI is InChI=1S/C27H43ClN4O4/c1-29-16-24(14-20-8-4-3-5-9-20)31-26(34)32-13-7-11-22(17-32)27(35,19-30-25(33)18-36-2)21-10-6-12-23(28)15-21/h6,10,12,15,20,22,24,29,35H,3-5,7-9,11,13-14,16-19H2,1-2H3,(H,30,33)(H,31,34)/t22-,24+,27+/m1/s1. The highest BCUT2D eigenvalue weighted by molar-refractivity contribution is 6.30. The van der Waals surface area contributed by atoms with Gasteiger partial charge in [-0.3, -0.25) is 4.79 Å². The summed E-state index contributed by atoms with van der Waals surface area (Å²) < 4.78 is 4.92. The lowest BCUT2D eigenvalue weighted by molar-refractivity contribution is -0.127. The van der Waals surface area contributed by atoms with Gasteiger partial charge in [-0.05, 0) is 49.9 Å². The summed E-state index contributed by atoms with van der Waals surface area (Å²) >= 11 is 6.25. The summed E-state index contributed by atoms with van der Waals surface area (Å²) in [5.74, 6) is 0.0931. The minimum absolute atomic E-state index is 0.0136. The Kier molecular flexibility index (Phi) is 11.3. The molecule has 0 spiro atoms. The van der Waals surface area contributed by atoms with Crippen LogP contribution in [-0.2, 0) is 15.1 Å². The first-order chi connectivity index (χ1) is 17.4. The number of likely N-dealkylation sites (N-methyl/N-ethyl adjacent to an activating group) is 1. The third-order valence-corrected chi connectivity index (χ3v) is 7.89. The molecule has 1 heterocycles. The van der Waals surface area contributed by atoms with E-state index in [0.29, 0.717) is 29.6 Å². The van der Waals surface area contributed by atoms with Gasteiger partial charge >= 0.3 is 6.03 Å². The molecular weight excluding hydrogens is 480 g/mol. The zero-order valence-corrected chi connectivity index (χ0v) is 22.5. The molecular formula is C27H43ClN4O4. The van der Waals surface area contributed by atoms with Crippen LogP contribution in [0, 0.1) is 11.8 Å². The van der Waals surface area contributed by atoms with Crippen LogP contribution in [0.25, 0.3) is 0 Å². The van der Waals surface area contributed by atoms with Crippen molar-refractivity contribution in [1.82, 2.24) is 20.9 Å². The highest BCUT2D eigenvalue weighted by atomic mass is 35.5. The number of urea groups is 1. The third kappa shape index (κ3) is 8.07. The van der Waals surface area contributed by atoms with Crippen molar-refractivity contribution in [3.05, 3.63) is 34.9 Å². The molecule has 9 heteroatoms. The zero-order valence-electron chi connectivity index (χ0n) is 21.7. The van der Waals surface area contributed by atoms with Gasteiger partial charge in [-0.2, -0.15) is 0 Å². The van der Waals surface area contributed by atoms with Crippen LogP contribution in [0.2, 0.25) is 5.02 Å². The Bertz CT molecular complexity index is 851. The molecule has 1 aromatic rings. The van der Waals surface area contributed by atoms with Crippen molar-refractivity contribution in [2.24, 2.45) is 11.8 Å². The van der Waals surface area contributed by atoms with Crippen molar-refractivity contribution in [2.45, 2.75) is 63.0 Å². The number of likely N-dealkylation sites (tertiary alicyclic amines) is 1. The fourth-order valence-electron chi connectivity index (χ4n) is 5.74. The summed E-state index contributed by atoms with van der Waals surface area (Å²) in [7, 11) is 3.37. The van der Waals surface area contributed by atoms with Crippen molar-refractivity contribution in [2.75, 3.05) is 46.9 Å². The molecule has 0 aromatic heterocycles. The maximum Gasteiger partial charge on any atom is 0.317 e. The highest BCUT2D eigenvalue weighted by Crippen LogP contribution is 2.36. The molecule has 8 nitrogen and oxygen atoms in total. The van der Waals surface area contributed by atoms with Gasteiger partial charge < -0.3 is 30.7 Å². The van der Waals surface area contributed by atoms with E-state index in [4.69, 9.17) is 16.3 Å². The first-order valence-corrected chi connectivity index (χ1v) is 13.7. The van der Waals surface area contributed by atoms with E-state index in [2.05, 4.69) is 16.0 Å². The Labute approximate surface area is 220 Å². The Balaban J connectivity index is 1.70. The Morgan fingerprint density at radius 3 is 2.69 bits per heavy atom. The van der Waals surface area contributed by atoms with Gasteiger partial charge in [0.15, 0.2) is 0 Å². The Morgan fingerprint density at radius 1 is 1.22 bits per heavy atom. The summed E-state index contributed by atoms with van der Waals surface area (Å²) in [6.07, 6.45) is 8.84. The minimum atomic E-state index is -1.38. The number of aliphatic hydroxyl groups is 1. The molecule has 3 atom stereocenters. The normalized spacial score (nSPS) is 21.4. The van der Waals surface area contributed by atoms with E-state index in [1.807, 2.05) is 18.0 Å². The monoisotopic (exact) mass is 522 g/mol. The van der Waals surface area contributed by atoms with E-state index >= 15 is 0 Å². The van der Waals surface area contributed by atoms with Gasteiger partial charge in [-0.25, -0.2) is 4.79 Å².